The lowest BCUT2D eigenvalue weighted by Crippen LogP contribution is -2.53. The number of morpholine rings is 1. The number of likely N-dealkylation sites (tertiary alicyclic amines) is 1. The lowest BCUT2D eigenvalue weighted by molar-refractivity contribution is -0.193. The third kappa shape index (κ3) is 9.30. The molecule has 2 aliphatic heterocycles. The van der Waals surface area contributed by atoms with Gasteiger partial charge in [0.1, 0.15) is 0 Å². The molecule has 0 spiro atoms. The molecule has 0 amide bonds. The van der Waals surface area contributed by atoms with Crippen molar-refractivity contribution in [1.29, 1.82) is 0 Å². The van der Waals surface area contributed by atoms with Gasteiger partial charge in [-0.25, -0.2) is 9.59 Å². The highest BCUT2D eigenvalue weighted by molar-refractivity contribution is 7.07. The Morgan fingerprint density at radius 1 is 1.12 bits per heavy atom. The molecule has 184 valence electrons. The van der Waals surface area contributed by atoms with Gasteiger partial charge in [0, 0.05) is 32.2 Å². The maximum absolute atomic E-state index is 10.6. The first-order valence-corrected chi connectivity index (χ1v) is 10.3. The molecule has 1 aromatic rings. The van der Waals surface area contributed by atoms with Gasteiger partial charge in [0.25, 0.3) is 0 Å². The lowest BCUT2D eigenvalue weighted by atomic mass is 10.1. The fraction of sp³-hybridized carbons (Fsp3) is 0.667. The number of fused-ring (bicyclic) bond motifs is 1. The minimum atomic E-state index is -5.08. The summed E-state index contributed by atoms with van der Waals surface area (Å²) < 4.78 is 69.4. The first-order chi connectivity index (χ1) is 14.6. The number of hydrogen-bond donors (Lipinski definition) is 2. The molecule has 2 fully saturated rings. The van der Waals surface area contributed by atoms with Crippen molar-refractivity contribution in [2.75, 3.05) is 26.2 Å². The van der Waals surface area contributed by atoms with Crippen LogP contribution in [0.2, 0.25) is 0 Å². The van der Waals surface area contributed by atoms with Crippen molar-refractivity contribution in [2.24, 2.45) is 0 Å². The van der Waals surface area contributed by atoms with Crippen molar-refractivity contribution < 1.29 is 50.9 Å². The van der Waals surface area contributed by atoms with Gasteiger partial charge in [0.15, 0.2) is 0 Å². The second-order valence-corrected chi connectivity index (χ2v) is 8.02. The second-order valence-electron chi connectivity index (χ2n) is 7.24. The van der Waals surface area contributed by atoms with E-state index in [1.807, 2.05) is 0 Å². The van der Waals surface area contributed by atoms with Crippen LogP contribution in [0.4, 0.5) is 26.3 Å². The van der Waals surface area contributed by atoms with Crippen LogP contribution in [0.1, 0.15) is 19.4 Å². The number of ether oxygens (including phenoxy) is 1. The fourth-order valence-electron chi connectivity index (χ4n) is 3.20. The summed E-state index contributed by atoms with van der Waals surface area (Å²) in [7, 11) is 0. The molecule has 0 aliphatic carbocycles. The van der Waals surface area contributed by atoms with E-state index in [0.717, 1.165) is 32.8 Å². The predicted octanol–water partition coefficient (Wildman–Crippen LogP) is 3.31. The molecule has 32 heavy (non-hydrogen) atoms. The highest BCUT2D eigenvalue weighted by atomic mass is 32.1. The summed E-state index contributed by atoms with van der Waals surface area (Å²) in [6, 6.07) is 3.45. The standard InChI is InChI=1S/C14H22N2OS.2C2HF3O2/c1-11(2)16-4-5-17-14-9-15(8-13(14)16)7-12-3-6-18-10-12;2*3-2(4,5)1(6)7/h3,6,10-11,13-14H,4-5,7-9H2,1-2H3;2*(H,6,7)/t13-,14+;;/m1../s1. The zero-order valence-corrected chi connectivity index (χ0v) is 18.0. The summed E-state index contributed by atoms with van der Waals surface area (Å²) in [5.74, 6) is -5.51. The first-order valence-electron chi connectivity index (χ1n) is 9.34. The fourth-order valence-corrected chi connectivity index (χ4v) is 3.86. The molecular formula is C18H24F6N2O5S. The van der Waals surface area contributed by atoms with Gasteiger partial charge in [0.2, 0.25) is 0 Å². The molecule has 1 aromatic heterocycles. The SMILES string of the molecule is CC(C)N1CCO[C@H]2CN(Cc3ccsc3)C[C@H]21.O=C(O)C(F)(F)F.O=C(O)C(F)(F)F. The van der Waals surface area contributed by atoms with Gasteiger partial charge in [-0.3, -0.25) is 9.80 Å². The molecule has 2 atom stereocenters. The van der Waals surface area contributed by atoms with E-state index in [2.05, 4.69) is 40.5 Å². The summed E-state index contributed by atoms with van der Waals surface area (Å²) in [6.45, 7) is 9.89. The molecule has 0 bridgehead atoms. The molecule has 7 nitrogen and oxygen atoms in total. The minimum Gasteiger partial charge on any atom is -0.475 e. The van der Waals surface area contributed by atoms with Gasteiger partial charge in [-0.05, 0) is 36.2 Å². The number of rotatable bonds is 3. The number of carboxylic acid groups (broad SMARTS) is 2. The molecule has 3 heterocycles. The van der Waals surface area contributed by atoms with Crippen molar-refractivity contribution >= 4 is 23.3 Å². The summed E-state index contributed by atoms with van der Waals surface area (Å²) in [5, 5.41) is 18.7. The topological polar surface area (TPSA) is 90.3 Å². The van der Waals surface area contributed by atoms with Crippen molar-refractivity contribution in [2.45, 2.75) is 50.9 Å². The first kappa shape index (κ1) is 28.1. The highest BCUT2D eigenvalue weighted by Gasteiger charge is 2.41. The van der Waals surface area contributed by atoms with E-state index in [4.69, 9.17) is 24.5 Å². The summed E-state index contributed by atoms with van der Waals surface area (Å²) in [4.78, 5) is 22.9. The van der Waals surface area contributed by atoms with E-state index in [-0.39, 0.29) is 0 Å². The number of alkyl halides is 6. The van der Waals surface area contributed by atoms with Gasteiger partial charge >= 0.3 is 24.3 Å². The summed E-state index contributed by atoms with van der Waals surface area (Å²) in [6.07, 6.45) is -9.75. The molecule has 3 rings (SSSR count). The van der Waals surface area contributed by atoms with Crippen LogP contribution in [-0.2, 0) is 20.9 Å². The quantitative estimate of drug-likeness (QED) is 0.624. The van der Waals surface area contributed by atoms with Gasteiger partial charge in [-0.2, -0.15) is 37.7 Å². The Morgan fingerprint density at radius 3 is 2.06 bits per heavy atom. The zero-order valence-electron chi connectivity index (χ0n) is 17.2. The van der Waals surface area contributed by atoms with E-state index in [9.17, 15) is 26.3 Å². The minimum absolute atomic E-state index is 0.416. The van der Waals surface area contributed by atoms with Gasteiger partial charge in [-0.15, -0.1) is 0 Å². The third-order valence-electron chi connectivity index (χ3n) is 4.55. The van der Waals surface area contributed by atoms with Crippen molar-refractivity contribution in [3.05, 3.63) is 22.4 Å². The smallest absolute Gasteiger partial charge is 0.475 e. The van der Waals surface area contributed by atoms with Crippen LogP contribution in [-0.4, -0.2) is 88.7 Å². The molecule has 0 radical (unpaired) electrons. The molecule has 0 unspecified atom stereocenters. The Kier molecular flexibility index (Phi) is 10.4. The van der Waals surface area contributed by atoms with Gasteiger partial charge in [0.05, 0.1) is 18.8 Å². The monoisotopic (exact) mass is 494 g/mol. The molecule has 2 saturated heterocycles. The molecule has 14 heteroatoms. The van der Waals surface area contributed by atoms with Crippen LogP contribution >= 0.6 is 11.3 Å². The Bertz CT molecular complexity index is 702. The maximum Gasteiger partial charge on any atom is 0.490 e. The largest absolute Gasteiger partial charge is 0.490 e. The Hall–Kier alpha value is -1.90. The van der Waals surface area contributed by atoms with Crippen LogP contribution in [0.25, 0.3) is 0 Å². The van der Waals surface area contributed by atoms with Crippen molar-refractivity contribution in [1.82, 2.24) is 9.80 Å². The average Bonchev–Trinajstić information content (AvgIpc) is 3.29. The summed E-state index contributed by atoms with van der Waals surface area (Å²) in [5.41, 5.74) is 1.44. The molecule has 0 aromatic carbocycles. The Labute approximate surface area is 184 Å². The normalized spacial score (nSPS) is 21.8. The van der Waals surface area contributed by atoms with Gasteiger partial charge < -0.3 is 14.9 Å². The van der Waals surface area contributed by atoms with Crippen molar-refractivity contribution in [3.63, 3.8) is 0 Å². The number of aliphatic carboxylic acids is 2. The van der Waals surface area contributed by atoms with Crippen LogP contribution in [0.5, 0.6) is 0 Å². The third-order valence-corrected chi connectivity index (χ3v) is 5.29. The van der Waals surface area contributed by atoms with Gasteiger partial charge in [-0.1, -0.05) is 0 Å². The molecule has 2 N–H and O–H groups in total. The number of hydrogen-bond acceptors (Lipinski definition) is 6. The van der Waals surface area contributed by atoms with Crippen LogP contribution in [0.15, 0.2) is 16.8 Å². The maximum atomic E-state index is 10.6. The Morgan fingerprint density at radius 2 is 1.66 bits per heavy atom. The summed E-state index contributed by atoms with van der Waals surface area (Å²) >= 11 is 1.79. The molecule has 0 saturated carbocycles. The average molecular weight is 494 g/mol. The van der Waals surface area contributed by atoms with E-state index < -0.39 is 24.3 Å². The number of nitrogens with zero attached hydrogens (tertiary/aromatic N) is 2. The second kappa shape index (κ2) is 11.8. The number of thiophene rings is 1. The van der Waals surface area contributed by atoms with E-state index in [1.54, 1.807) is 11.3 Å². The number of halogens is 6. The van der Waals surface area contributed by atoms with Crippen molar-refractivity contribution in [3.8, 4) is 0 Å². The lowest BCUT2D eigenvalue weighted by Gasteiger charge is -2.39. The molecule has 2 aliphatic rings. The highest BCUT2D eigenvalue weighted by Crippen LogP contribution is 2.26. The molecular weight excluding hydrogens is 470 g/mol. The van der Waals surface area contributed by atoms with E-state index in [1.165, 1.54) is 5.56 Å². The van der Waals surface area contributed by atoms with Crippen LogP contribution in [0.3, 0.4) is 0 Å². The van der Waals surface area contributed by atoms with E-state index >= 15 is 0 Å². The van der Waals surface area contributed by atoms with E-state index in [0.29, 0.717) is 18.2 Å². The van der Waals surface area contributed by atoms with Crippen LogP contribution in [0, 0.1) is 0 Å². The predicted molar refractivity (Wildman–Crippen MR) is 102 cm³/mol. The van der Waals surface area contributed by atoms with Crippen LogP contribution < -0.4 is 0 Å². The number of carboxylic acids is 2. The zero-order chi connectivity index (χ0) is 24.7. The Balaban J connectivity index is 0.000000305. The number of carbonyl (C=O) groups is 2.